The minimum Gasteiger partial charge on any atom is -0.399 e. The standard InChI is InChI=1S/C15H15FN2O/c1-10-12(3-2-4-14(10)17)9-18-15(19)11-5-7-13(16)8-6-11/h2-8H,9,17H2,1H3,(H,18,19). The fourth-order valence-corrected chi connectivity index (χ4v) is 1.77. The van der Waals surface area contributed by atoms with E-state index in [9.17, 15) is 9.18 Å². The number of nitrogen functional groups attached to an aromatic ring is 1. The molecule has 0 saturated heterocycles. The number of halogens is 1. The number of hydrogen-bond donors (Lipinski definition) is 2. The zero-order valence-corrected chi connectivity index (χ0v) is 10.6. The first-order valence-corrected chi connectivity index (χ1v) is 5.95. The molecule has 0 fully saturated rings. The lowest BCUT2D eigenvalue weighted by atomic mass is 10.1. The lowest BCUT2D eigenvalue weighted by Crippen LogP contribution is -2.23. The molecule has 0 aromatic heterocycles. The van der Waals surface area contributed by atoms with Crippen LogP contribution >= 0.6 is 0 Å². The zero-order chi connectivity index (χ0) is 13.8. The van der Waals surface area contributed by atoms with Crippen molar-refractivity contribution >= 4 is 11.6 Å². The number of hydrogen-bond acceptors (Lipinski definition) is 2. The van der Waals surface area contributed by atoms with E-state index in [2.05, 4.69) is 5.32 Å². The fraction of sp³-hybridized carbons (Fsp3) is 0.133. The number of carbonyl (C=O) groups is 1. The van der Waals surface area contributed by atoms with Crippen LogP contribution in [0.3, 0.4) is 0 Å². The SMILES string of the molecule is Cc1c(N)cccc1CNC(=O)c1ccc(F)cc1. The number of carbonyl (C=O) groups excluding carboxylic acids is 1. The highest BCUT2D eigenvalue weighted by atomic mass is 19.1. The summed E-state index contributed by atoms with van der Waals surface area (Å²) in [6.07, 6.45) is 0. The van der Waals surface area contributed by atoms with E-state index in [1.54, 1.807) is 0 Å². The molecule has 0 aliphatic carbocycles. The van der Waals surface area contributed by atoms with Gasteiger partial charge < -0.3 is 11.1 Å². The van der Waals surface area contributed by atoms with Gasteiger partial charge in [-0.1, -0.05) is 12.1 Å². The third-order valence-corrected chi connectivity index (χ3v) is 3.03. The molecule has 2 aromatic rings. The van der Waals surface area contributed by atoms with Crippen LogP contribution in [0.2, 0.25) is 0 Å². The zero-order valence-electron chi connectivity index (χ0n) is 10.6. The molecule has 0 atom stereocenters. The molecule has 1 amide bonds. The van der Waals surface area contributed by atoms with E-state index in [0.29, 0.717) is 17.8 Å². The average Bonchev–Trinajstić information content (AvgIpc) is 2.41. The Labute approximate surface area is 111 Å². The van der Waals surface area contributed by atoms with Gasteiger partial charge in [-0.3, -0.25) is 4.79 Å². The smallest absolute Gasteiger partial charge is 0.251 e. The molecule has 98 valence electrons. The molecular formula is C15H15FN2O. The monoisotopic (exact) mass is 258 g/mol. The predicted octanol–water partition coefficient (Wildman–Crippen LogP) is 2.65. The molecule has 19 heavy (non-hydrogen) atoms. The molecule has 4 heteroatoms. The summed E-state index contributed by atoms with van der Waals surface area (Å²) in [7, 11) is 0. The van der Waals surface area contributed by atoms with Crippen molar-refractivity contribution in [2.45, 2.75) is 13.5 Å². The van der Waals surface area contributed by atoms with Crippen LogP contribution in [0.5, 0.6) is 0 Å². The molecule has 2 aromatic carbocycles. The second-order valence-electron chi connectivity index (χ2n) is 4.32. The summed E-state index contributed by atoms with van der Waals surface area (Å²) >= 11 is 0. The first-order chi connectivity index (χ1) is 9.08. The van der Waals surface area contributed by atoms with Crippen LogP contribution in [0.25, 0.3) is 0 Å². The van der Waals surface area contributed by atoms with Crippen molar-refractivity contribution < 1.29 is 9.18 Å². The molecular weight excluding hydrogens is 243 g/mol. The lowest BCUT2D eigenvalue weighted by Gasteiger charge is -2.09. The normalized spacial score (nSPS) is 10.2. The summed E-state index contributed by atoms with van der Waals surface area (Å²) in [4.78, 5) is 11.9. The van der Waals surface area contributed by atoms with Crippen LogP contribution in [-0.2, 0) is 6.54 Å². The van der Waals surface area contributed by atoms with E-state index in [-0.39, 0.29) is 11.7 Å². The fourth-order valence-electron chi connectivity index (χ4n) is 1.77. The third-order valence-electron chi connectivity index (χ3n) is 3.03. The molecule has 3 nitrogen and oxygen atoms in total. The molecule has 0 bridgehead atoms. The Morgan fingerprint density at radius 1 is 1.21 bits per heavy atom. The van der Waals surface area contributed by atoms with E-state index >= 15 is 0 Å². The lowest BCUT2D eigenvalue weighted by molar-refractivity contribution is 0.0951. The van der Waals surface area contributed by atoms with Crippen molar-refractivity contribution in [1.82, 2.24) is 5.32 Å². The number of nitrogens with two attached hydrogens (primary N) is 1. The third kappa shape index (κ3) is 3.10. The van der Waals surface area contributed by atoms with E-state index in [4.69, 9.17) is 5.73 Å². The highest BCUT2D eigenvalue weighted by Gasteiger charge is 2.07. The van der Waals surface area contributed by atoms with Gasteiger partial charge in [0.15, 0.2) is 0 Å². The molecule has 0 unspecified atom stereocenters. The molecule has 0 aliphatic heterocycles. The predicted molar refractivity (Wildman–Crippen MR) is 73.2 cm³/mol. The van der Waals surface area contributed by atoms with Gasteiger partial charge in [0.25, 0.3) is 5.91 Å². The minimum absolute atomic E-state index is 0.234. The van der Waals surface area contributed by atoms with Crippen molar-refractivity contribution in [3.63, 3.8) is 0 Å². The Bertz CT molecular complexity index is 594. The maximum atomic E-state index is 12.8. The van der Waals surface area contributed by atoms with E-state index in [1.165, 1.54) is 24.3 Å². The Balaban J connectivity index is 2.04. The highest BCUT2D eigenvalue weighted by Crippen LogP contribution is 2.15. The molecule has 0 saturated carbocycles. The Morgan fingerprint density at radius 2 is 1.89 bits per heavy atom. The number of benzene rings is 2. The number of rotatable bonds is 3. The minimum atomic E-state index is -0.358. The average molecular weight is 258 g/mol. The second-order valence-corrected chi connectivity index (χ2v) is 4.32. The molecule has 0 aliphatic rings. The van der Waals surface area contributed by atoms with Crippen LogP contribution in [0.4, 0.5) is 10.1 Å². The van der Waals surface area contributed by atoms with Crippen molar-refractivity contribution in [2.24, 2.45) is 0 Å². The Kier molecular flexibility index (Phi) is 3.80. The van der Waals surface area contributed by atoms with Gasteiger partial charge in [0.05, 0.1) is 0 Å². The summed E-state index contributed by atoms with van der Waals surface area (Å²) in [5.41, 5.74) is 8.86. The van der Waals surface area contributed by atoms with Gasteiger partial charge in [-0.25, -0.2) is 4.39 Å². The maximum Gasteiger partial charge on any atom is 0.251 e. The van der Waals surface area contributed by atoms with Gasteiger partial charge >= 0.3 is 0 Å². The molecule has 3 N–H and O–H groups in total. The van der Waals surface area contributed by atoms with Crippen molar-refractivity contribution in [3.8, 4) is 0 Å². The Morgan fingerprint density at radius 3 is 2.58 bits per heavy atom. The first-order valence-electron chi connectivity index (χ1n) is 5.95. The summed E-state index contributed by atoms with van der Waals surface area (Å²) < 4.78 is 12.8. The quantitative estimate of drug-likeness (QED) is 0.831. The van der Waals surface area contributed by atoms with Gasteiger partial charge in [0, 0.05) is 17.8 Å². The van der Waals surface area contributed by atoms with Crippen LogP contribution in [0.15, 0.2) is 42.5 Å². The largest absolute Gasteiger partial charge is 0.399 e. The van der Waals surface area contributed by atoms with Gasteiger partial charge in [-0.2, -0.15) is 0 Å². The number of nitrogens with one attached hydrogen (secondary N) is 1. The second kappa shape index (κ2) is 5.52. The van der Waals surface area contributed by atoms with E-state index in [0.717, 1.165) is 11.1 Å². The molecule has 0 radical (unpaired) electrons. The van der Waals surface area contributed by atoms with Crippen molar-refractivity contribution in [3.05, 3.63) is 65.0 Å². The summed E-state index contributed by atoms with van der Waals surface area (Å²) in [5.74, 6) is -0.593. The highest BCUT2D eigenvalue weighted by molar-refractivity contribution is 5.94. The van der Waals surface area contributed by atoms with Crippen LogP contribution in [0.1, 0.15) is 21.5 Å². The van der Waals surface area contributed by atoms with E-state index in [1.807, 2.05) is 25.1 Å². The topological polar surface area (TPSA) is 55.1 Å². The van der Waals surface area contributed by atoms with Gasteiger partial charge in [-0.15, -0.1) is 0 Å². The van der Waals surface area contributed by atoms with Crippen LogP contribution < -0.4 is 11.1 Å². The number of amides is 1. The maximum absolute atomic E-state index is 12.8. The summed E-state index contributed by atoms with van der Waals surface area (Å²) in [6.45, 7) is 2.31. The van der Waals surface area contributed by atoms with Crippen LogP contribution in [0, 0.1) is 12.7 Å². The van der Waals surface area contributed by atoms with Gasteiger partial charge in [0.1, 0.15) is 5.82 Å². The van der Waals surface area contributed by atoms with E-state index < -0.39 is 0 Å². The van der Waals surface area contributed by atoms with Crippen molar-refractivity contribution in [1.29, 1.82) is 0 Å². The molecule has 2 rings (SSSR count). The number of anilines is 1. The molecule has 0 heterocycles. The first kappa shape index (κ1) is 13.1. The van der Waals surface area contributed by atoms with Crippen LogP contribution in [-0.4, -0.2) is 5.91 Å². The molecule has 0 spiro atoms. The Hall–Kier alpha value is -2.36. The van der Waals surface area contributed by atoms with Gasteiger partial charge in [0.2, 0.25) is 0 Å². The summed E-state index contributed by atoms with van der Waals surface area (Å²) in [6, 6.07) is 11.0. The van der Waals surface area contributed by atoms with Crippen molar-refractivity contribution in [2.75, 3.05) is 5.73 Å². The summed E-state index contributed by atoms with van der Waals surface area (Å²) in [5, 5.41) is 2.79. The van der Waals surface area contributed by atoms with Gasteiger partial charge in [-0.05, 0) is 48.4 Å².